The maximum atomic E-state index is 13.0. The quantitative estimate of drug-likeness (QED) is 0.773. The normalized spacial score (nSPS) is 10.8. The molecular formula is C16H13ClFN3. The number of nitrogens with one attached hydrogen (secondary N) is 1. The van der Waals surface area contributed by atoms with Gasteiger partial charge >= 0.3 is 0 Å². The molecule has 3 rings (SSSR count). The summed E-state index contributed by atoms with van der Waals surface area (Å²) in [5, 5.41) is 4.75. The number of halogens is 2. The van der Waals surface area contributed by atoms with E-state index in [0.717, 1.165) is 28.8 Å². The van der Waals surface area contributed by atoms with Crippen molar-refractivity contribution in [2.45, 2.75) is 6.92 Å². The highest BCUT2D eigenvalue weighted by atomic mass is 35.5. The molecular weight excluding hydrogens is 289 g/mol. The van der Waals surface area contributed by atoms with Crippen molar-refractivity contribution in [3.63, 3.8) is 0 Å². The molecule has 0 aliphatic heterocycles. The maximum absolute atomic E-state index is 13.0. The van der Waals surface area contributed by atoms with E-state index in [-0.39, 0.29) is 5.82 Å². The van der Waals surface area contributed by atoms with E-state index in [1.807, 2.05) is 19.1 Å². The average molecular weight is 302 g/mol. The van der Waals surface area contributed by atoms with Gasteiger partial charge in [-0.3, -0.25) is 0 Å². The number of hydrogen-bond donors (Lipinski definition) is 1. The van der Waals surface area contributed by atoms with Crippen LogP contribution in [0.2, 0.25) is 5.02 Å². The molecule has 0 spiro atoms. The van der Waals surface area contributed by atoms with E-state index in [1.54, 1.807) is 18.2 Å². The first kappa shape index (κ1) is 13.8. The molecule has 0 saturated heterocycles. The fourth-order valence-electron chi connectivity index (χ4n) is 2.13. The predicted octanol–water partition coefficient (Wildman–Crippen LogP) is 4.52. The lowest BCUT2D eigenvalue weighted by Crippen LogP contribution is -2.03. The summed E-state index contributed by atoms with van der Waals surface area (Å²) in [4.78, 5) is 9.05. The average Bonchev–Trinajstić information content (AvgIpc) is 2.47. The summed E-state index contributed by atoms with van der Waals surface area (Å²) >= 11 is 6.04. The van der Waals surface area contributed by atoms with Gasteiger partial charge in [0.15, 0.2) is 5.82 Å². The molecule has 5 heteroatoms. The summed E-state index contributed by atoms with van der Waals surface area (Å²) in [5.41, 5.74) is 1.52. The summed E-state index contributed by atoms with van der Waals surface area (Å²) in [6.45, 7) is 2.75. The van der Waals surface area contributed by atoms with Crippen molar-refractivity contribution in [1.29, 1.82) is 0 Å². The Bertz CT molecular complexity index is 787. The van der Waals surface area contributed by atoms with Gasteiger partial charge in [0.2, 0.25) is 0 Å². The molecule has 2 aromatic carbocycles. The van der Waals surface area contributed by atoms with Crippen molar-refractivity contribution >= 4 is 28.3 Å². The molecule has 0 amide bonds. The summed E-state index contributed by atoms with van der Waals surface area (Å²) < 4.78 is 13.0. The van der Waals surface area contributed by atoms with Crippen LogP contribution in [-0.4, -0.2) is 16.5 Å². The van der Waals surface area contributed by atoms with Crippen molar-refractivity contribution in [2.24, 2.45) is 0 Å². The number of hydrogen-bond acceptors (Lipinski definition) is 3. The van der Waals surface area contributed by atoms with E-state index in [2.05, 4.69) is 15.3 Å². The minimum atomic E-state index is -0.283. The lowest BCUT2D eigenvalue weighted by Gasteiger charge is -2.10. The molecule has 3 nitrogen and oxygen atoms in total. The van der Waals surface area contributed by atoms with Gasteiger partial charge in [0.05, 0.1) is 5.52 Å². The van der Waals surface area contributed by atoms with E-state index in [1.165, 1.54) is 12.1 Å². The molecule has 21 heavy (non-hydrogen) atoms. The number of rotatable bonds is 3. The van der Waals surface area contributed by atoms with Gasteiger partial charge in [-0.2, -0.15) is 0 Å². The largest absolute Gasteiger partial charge is 0.370 e. The van der Waals surface area contributed by atoms with Crippen LogP contribution in [0, 0.1) is 5.82 Å². The van der Waals surface area contributed by atoms with Crippen LogP contribution in [-0.2, 0) is 0 Å². The van der Waals surface area contributed by atoms with Crippen LogP contribution >= 0.6 is 11.6 Å². The topological polar surface area (TPSA) is 37.8 Å². The SMILES string of the molecule is CCNc1nc(-c2ccc(F)cc2)nc2cc(Cl)ccc12. The molecule has 0 atom stereocenters. The molecule has 0 fully saturated rings. The molecule has 0 radical (unpaired) electrons. The summed E-state index contributed by atoms with van der Waals surface area (Å²) in [6, 6.07) is 11.6. The number of aromatic nitrogens is 2. The third-order valence-electron chi connectivity index (χ3n) is 3.11. The number of benzene rings is 2. The Hall–Kier alpha value is -2.20. The lowest BCUT2D eigenvalue weighted by molar-refractivity contribution is 0.628. The monoisotopic (exact) mass is 301 g/mol. The molecule has 0 saturated carbocycles. The number of nitrogens with zero attached hydrogens (tertiary/aromatic N) is 2. The van der Waals surface area contributed by atoms with Crippen LogP contribution in [0.1, 0.15) is 6.92 Å². The molecule has 1 heterocycles. The zero-order valence-corrected chi connectivity index (χ0v) is 12.2. The van der Waals surface area contributed by atoms with Gasteiger partial charge in [0.25, 0.3) is 0 Å². The molecule has 0 aliphatic carbocycles. The van der Waals surface area contributed by atoms with Gasteiger partial charge in [0, 0.05) is 22.5 Å². The van der Waals surface area contributed by atoms with Crippen LogP contribution in [0.25, 0.3) is 22.3 Å². The van der Waals surface area contributed by atoms with Gasteiger partial charge in [-0.25, -0.2) is 14.4 Å². The van der Waals surface area contributed by atoms with Crippen molar-refractivity contribution in [1.82, 2.24) is 9.97 Å². The second-order valence-corrected chi connectivity index (χ2v) is 5.03. The summed E-state index contributed by atoms with van der Waals surface area (Å²) in [6.07, 6.45) is 0. The van der Waals surface area contributed by atoms with Gasteiger partial charge in [-0.1, -0.05) is 11.6 Å². The Morgan fingerprint density at radius 3 is 2.57 bits per heavy atom. The van der Waals surface area contributed by atoms with E-state index in [4.69, 9.17) is 11.6 Å². The Morgan fingerprint density at radius 1 is 1.10 bits per heavy atom. The van der Waals surface area contributed by atoms with Crippen LogP contribution < -0.4 is 5.32 Å². The van der Waals surface area contributed by atoms with E-state index in [0.29, 0.717) is 10.8 Å². The highest BCUT2D eigenvalue weighted by Crippen LogP contribution is 2.27. The first-order chi connectivity index (χ1) is 10.2. The Morgan fingerprint density at radius 2 is 1.86 bits per heavy atom. The molecule has 106 valence electrons. The first-order valence-corrected chi connectivity index (χ1v) is 7.02. The molecule has 3 aromatic rings. The van der Waals surface area contributed by atoms with Crippen molar-refractivity contribution in [3.8, 4) is 11.4 Å². The van der Waals surface area contributed by atoms with Gasteiger partial charge < -0.3 is 5.32 Å². The van der Waals surface area contributed by atoms with Gasteiger partial charge in [-0.05, 0) is 49.4 Å². The molecule has 0 bridgehead atoms. The predicted molar refractivity (Wildman–Crippen MR) is 84.1 cm³/mol. The fraction of sp³-hybridized carbons (Fsp3) is 0.125. The van der Waals surface area contributed by atoms with E-state index < -0.39 is 0 Å². The van der Waals surface area contributed by atoms with Crippen molar-refractivity contribution < 1.29 is 4.39 Å². The molecule has 0 unspecified atom stereocenters. The lowest BCUT2D eigenvalue weighted by atomic mass is 10.2. The Kier molecular flexibility index (Phi) is 3.71. The number of anilines is 1. The Balaban J connectivity index is 2.21. The number of fused-ring (bicyclic) bond motifs is 1. The van der Waals surface area contributed by atoms with E-state index >= 15 is 0 Å². The second kappa shape index (κ2) is 5.66. The van der Waals surface area contributed by atoms with Crippen molar-refractivity contribution in [3.05, 3.63) is 53.3 Å². The smallest absolute Gasteiger partial charge is 0.162 e. The minimum absolute atomic E-state index is 0.283. The maximum Gasteiger partial charge on any atom is 0.162 e. The fourth-order valence-corrected chi connectivity index (χ4v) is 2.30. The van der Waals surface area contributed by atoms with Crippen LogP contribution in [0.3, 0.4) is 0 Å². The van der Waals surface area contributed by atoms with Crippen LogP contribution in [0.4, 0.5) is 10.2 Å². The summed E-state index contributed by atoms with van der Waals surface area (Å²) in [7, 11) is 0. The standard InChI is InChI=1S/C16H13ClFN3/c1-2-19-16-13-8-5-11(17)9-14(13)20-15(21-16)10-3-6-12(18)7-4-10/h3-9H,2H2,1H3,(H,19,20,21). The first-order valence-electron chi connectivity index (χ1n) is 6.64. The van der Waals surface area contributed by atoms with E-state index in [9.17, 15) is 4.39 Å². The third kappa shape index (κ3) is 2.81. The van der Waals surface area contributed by atoms with Gasteiger partial charge in [0.1, 0.15) is 11.6 Å². The third-order valence-corrected chi connectivity index (χ3v) is 3.34. The second-order valence-electron chi connectivity index (χ2n) is 4.59. The van der Waals surface area contributed by atoms with Crippen LogP contribution in [0.15, 0.2) is 42.5 Å². The Labute approximate surface area is 126 Å². The molecule has 0 aliphatic rings. The van der Waals surface area contributed by atoms with Crippen LogP contribution in [0.5, 0.6) is 0 Å². The highest BCUT2D eigenvalue weighted by Gasteiger charge is 2.09. The van der Waals surface area contributed by atoms with Crippen molar-refractivity contribution in [2.75, 3.05) is 11.9 Å². The summed E-state index contributed by atoms with van der Waals surface area (Å²) in [5.74, 6) is 1.01. The minimum Gasteiger partial charge on any atom is -0.370 e. The highest BCUT2D eigenvalue weighted by molar-refractivity contribution is 6.31. The van der Waals surface area contributed by atoms with Gasteiger partial charge in [-0.15, -0.1) is 0 Å². The molecule has 1 N–H and O–H groups in total. The zero-order valence-electron chi connectivity index (χ0n) is 11.4. The molecule has 1 aromatic heterocycles. The zero-order chi connectivity index (χ0) is 14.8.